The Bertz CT molecular complexity index is 436. The molecule has 1 saturated heterocycles. The van der Waals surface area contributed by atoms with Crippen LogP contribution in [0.1, 0.15) is 12.8 Å². The Kier molecular flexibility index (Phi) is 2.36. The maximum atomic E-state index is 11.3. The lowest BCUT2D eigenvalue weighted by molar-refractivity contribution is -0.386. The van der Waals surface area contributed by atoms with Gasteiger partial charge in [-0.05, 0) is 12.8 Å². The van der Waals surface area contributed by atoms with E-state index in [1.54, 1.807) is 0 Å². The quantitative estimate of drug-likeness (QED) is 0.559. The van der Waals surface area contributed by atoms with Gasteiger partial charge in [0.25, 0.3) is 0 Å². The van der Waals surface area contributed by atoms with E-state index in [0.29, 0.717) is 5.95 Å². The van der Waals surface area contributed by atoms with Crippen molar-refractivity contribution in [2.75, 3.05) is 18.0 Å². The number of nitrogens with zero attached hydrogens (tertiary/aromatic N) is 3. The molecule has 7 nitrogen and oxygen atoms in total. The monoisotopic (exact) mass is 210 g/mol. The Morgan fingerprint density at radius 2 is 2.13 bits per heavy atom. The summed E-state index contributed by atoms with van der Waals surface area (Å²) in [7, 11) is 0. The first-order valence-electron chi connectivity index (χ1n) is 4.67. The topological polar surface area (TPSA) is 92.1 Å². The number of aromatic nitrogens is 2. The zero-order valence-corrected chi connectivity index (χ0v) is 7.97. The van der Waals surface area contributed by atoms with Gasteiger partial charge in [0.05, 0.1) is 4.92 Å². The third-order valence-corrected chi connectivity index (χ3v) is 2.37. The summed E-state index contributed by atoms with van der Waals surface area (Å²) in [4.78, 5) is 29.1. The van der Waals surface area contributed by atoms with Gasteiger partial charge in [0.1, 0.15) is 6.20 Å². The maximum absolute atomic E-state index is 11.3. The van der Waals surface area contributed by atoms with Crippen LogP contribution in [-0.2, 0) is 0 Å². The zero-order valence-electron chi connectivity index (χ0n) is 7.97. The number of H-pyrrole nitrogens is 1. The number of rotatable bonds is 2. The van der Waals surface area contributed by atoms with Gasteiger partial charge >= 0.3 is 11.2 Å². The highest BCUT2D eigenvalue weighted by molar-refractivity contribution is 5.34. The molecule has 1 aromatic rings. The first kappa shape index (κ1) is 9.63. The summed E-state index contributed by atoms with van der Waals surface area (Å²) in [5.74, 6) is 0.420. The molecule has 1 fully saturated rings. The van der Waals surface area contributed by atoms with E-state index in [9.17, 15) is 14.9 Å². The number of hydrogen-bond acceptors (Lipinski definition) is 5. The largest absolute Gasteiger partial charge is 0.352 e. The molecule has 0 atom stereocenters. The molecule has 15 heavy (non-hydrogen) atoms. The molecule has 80 valence electrons. The summed E-state index contributed by atoms with van der Waals surface area (Å²) >= 11 is 0. The van der Waals surface area contributed by atoms with E-state index in [0.717, 1.165) is 32.1 Å². The average molecular weight is 210 g/mol. The minimum atomic E-state index is -0.737. The second kappa shape index (κ2) is 3.68. The van der Waals surface area contributed by atoms with E-state index in [1.165, 1.54) is 0 Å². The van der Waals surface area contributed by atoms with Crippen LogP contribution in [0.3, 0.4) is 0 Å². The second-order valence-electron chi connectivity index (χ2n) is 3.37. The highest BCUT2D eigenvalue weighted by atomic mass is 16.6. The van der Waals surface area contributed by atoms with Crippen molar-refractivity contribution in [1.82, 2.24) is 9.97 Å². The highest BCUT2D eigenvalue weighted by Gasteiger charge is 2.18. The normalized spacial score (nSPS) is 15.6. The molecule has 7 heteroatoms. The first-order chi connectivity index (χ1) is 7.18. The fourth-order valence-corrected chi connectivity index (χ4v) is 1.60. The van der Waals surface area contributed by atoms with E-state index >= 15 is 0 Å². The van der Waals surface area contributed by atoms with Gasteiger partial charge in [0.2, 0.25) is 5.95 Å². The van der Waals surface area contributed by atoms with Crippen molar-refractivity contribution < 1.29 is 4.92 Å². The molecule has 0 amide bonds. The zero-order chi connectivity index (χ0) is 10.8. The molecule has 2 rings (SSSR count). The van der Waals surface area contributed by atoms with Crippen LogP contribution in [0.4, 0.5) is 11.6 Å². The minimum Gasteiger partial charge on any atom is -0.342 e. The SMILES string of the molecule is O=c1[nH]c(N2CCCC2)ncc1[N+](=O)[O-]. The third kappa shape index (κ3) is 1.80. The van der Waals surface area contributed by atoms with Gasteiger partial charge in [-0.1, -0.05) is 0 Å². The molecule has 0 aliphatic carbocycles. The average Bonchev–Trinajstić information content (AvgIpc) is 2.69. The van der Waals surface area contributed by atoms with Gasteiger partial charge in [0, 0.05) is 13.1 Å². The molecule has 0 unspecified atom stereocenters. The van der Waals surface area contributed by atoms with Gasteiger partial charge in [-0.25, -0.2) is 4.98 Å². The molecule has 1 aliphatic rings. The van der Waals surface area contributed by atoms with Crippen LogP contribution in [-0.4, -0.2) is 28.0 Å². The fourth-order valence-electron chi connectivity index (χ4n) is 1.60. The van der Waals surface area contributed by atoms with Crippen LogP contribution in [0.25, 0.3) is 0 Å². The Labute approximate surface area is 84.9 Å². The van der Waals surface area contributed by atoms with Gasteiger partial charge in [-0.2, -0.15) is 0 Å². The molecule has 0 bridgehead atoms. The molecule has 1 aliphatic heterocycles. The number of nitrogens with one attached hydrogen (secondary N) is 1. The third-order valence-electron chi connectivity index (χ3n) is 2.37. The van der Waals surface area contributed by atoms with E-state index < -0.39 is 16.2 Å². The Morgan fingerprint density at radius 3 is 2.67 bits per heavy atom. The Hall–Kier alpha value is -1.92. The molecule has 0 saturated carbocycles. The summed E-state index contributed by atoms with van der Waals surface area (Å²) in [6.07, 6.45) is 3.12. The van der Waals surface area contributed by atoms with Crippen LogP contribution in [0.2, 0.25) is 0 Å². The minimum absolute atomic E-state index is 0.420. The summed E-state index contributed by atoms with van der Waals surface area (Å²) < 4.78 is 0. The Morgan fingerprint density at radius 1 is 1.47 bits per heavy atom. The number of anilines is 1. The van der Waals surface area contributed by atoms with Gasteiger partial charge < -0.3 is 4.90 Å². The molecule has 0 radical (unpaired) electrons. The molecule has 0 aromatic carbocycles. The molecular formula is C8H10N4O3. The summed E-state index contributed by atoms with van der Waals surface area (Å²) in [5.41, 5.74) is -1.21. The van der Waals surface area contributed by atoms with E-state index in [1.807, 2.05) is 4.90 Å². The van der Waals surface area contributed by atoms with E-state index in [4.69, 9.17) is 0 Å². The highest BCUT2D eigenvalue weighted by Crippen LogP contribution is 2.14. The van der Waals surface area contributed by atoms with Crippen LogP contribution >= 0.6 is 0 Å². The lowest BCUT2D eigenvalue weighted by Crippen LogP contribution is -2.24. The number of nitro groups is 1. The predicted molar refractivity (Wildman–Crippen MR) is 53.0 cm³/mol. The summed E-state index contributed by atoms with van der Waals surface area (Å²) in [6.45, 7) is 1.67. The summed E-state index contributed by atoms with van der Waals surface area (Å²) in [5, 5.41) is 10.4. The van der Waals surface area contributed by atoms with Crippen molar-refractivity contribution in [3.63, 3.8) is 0 Å². The Balaban J connectivity index is 2.32. The van der Waals surface area contributed by atoms with Crippen LogP contribution in [0.5, 0.6) is 0 Å². The number of hydrogen-bond donors (Lipinski definition) is 1. The molecule has 1 N–H and O–H groups in total. The smallest absolute Gasteiger partial charge is 0.342 e. The lowest BCUT2D eigenvalue weighted by Gasteiger charge is -2.14. The van der Waals surface area contributed by atoms with E-state index in [-0.39, 0.29) is 0 Å². The van der Waals surface area contributed by atoms with Crippen molar-refractivity contribution in [2.24, 2.45) is 0 Å². The maximum Gasteiger partial charge on any atom is 0.352 e. The fraction of sp³-hybridized carbons (Fsp3) is 0.500. The van der Waals surface area contributed by atoms with Crippen LogP contribution in [0.15, 0.2) is 11.0 Å². The van der Waals surface area contributed by atoms with Crippen molar-refractivity contribution in [3.05, 3.63) is 26.7 Å². The molecule has 0 spiro atoms. The second-order valence-corrected chi connectivity index (χ2v) is 3.37. The van der Waals surface area contributed by atoms with Crippen molar-refractivity contribution >= 4 is 11.6 Å². The molecular weight excluding hydrogens is 200 g/mol. The van der Waals surface area contributed by atoms with Gasteiger partial charge in [-0.15, -0.1) is 0 Å². The van der Waals surface area contributed by atoms with Crippen molar-refractivity contribution in [2.45, 2.75) is 12.8 Å². The van der Waals surface area contributed by atoms with Gasteiger partial charge in [-0.3, -0.25) is 19.9 Å². The molecule has 1 aromatic heterocycles. The summed E-state index contributed by atoms with van der Waals surface area (Å²) in [6, 6.07) is 0. The predicted octanol–water partition coefficient (Wildman–Crippen LogP) is 0.278. The van der Waals surface area contributed by atoms with Crippen LogP contribution in [0, 0.1) is 10.1 Å². The van der Waals surface area contributed by atoms with E-state index in [2.05, 4.69) is 9.97 Å². The lowest BCUT2D eigenvalue weighted by atomic mass is 10.4. The van der Waals surface area contributed by atoms with Crippen molar-refractivity contribution in [1.29, 1.82) is 0 Å². The van der Waals surface area contributed by atoms with Crippen molar-refractivity contribution in [3.8, 4) is 0 Å². The first-order valence-corrected chi connectivity index (χ1v) is 4.67. The molecule has 2 heterocycles. The van der Waals surface area contributed by atoms with Gasteiger partial charge in [0.15, 0.2) is 0 Å². The standard InChI is InChI=1S/C8H10N4O3/c13-7-6(12(14)15)5-9-8(10-7)11-3-1-2-4-11/h5H,1-4H2,(H,9,10,13). The number of aromatic amines is 1. The van der Waals surface area contributed by atoms with Crippen LogP contribution < -0.4 is 10.5 Å².